The summed E-state index contributed by atoms with van der Waals surface area (Å²) in [6.45, 7) is 1.51. The quantitative estimate of drug-likeness (QED) is 0.202. The van der Waals surface area contributed by atoms with Crippen molar-refractivity contribution in [3.05, 3.63) is 12.2 Å². The summed E-state index contributed by atoms with van der Waals surface area (Å²) in [6.07, 6.45) is 2.51. The summed E-state index contributed by atoms with van der Waals surface area (Å²) in [6, 6.07) is 0. The van der Waals surface area contributed by atoms with Gasteiger partial charge in [-0.2, -0.15) is 0 Å². The number of carboxylic acids is 1. The summed E-state index contributed by atoms with van der Waals surface area (Å²) in [4.78, 5) is 23.4. The fourth-order valence-corrected chi connectivity index (χ4v) is 4.48. The van der Waals surface area contributed by atoms with Crippen LogP contribution in [0.25, 0.3) is 0 Å². The minimum absolute atomic E-state index is 0.0660. The van der Waals surface area contributed by atoms with E-state index in [2.05, 4.69) is 6.92 Å². The van der Waals surface area contributed by atoms with Crippen LogP contribution in [0.5, 0.6) is 0 Å². The molecule has 1 aliphatic carbocycles. The third kappa shape index (κ3) is 7.33. The van der Waals surface area contributed by atoms with Gasteiger partial charge in [0.15, 0.2) is 6.29 Å². The van der Waals surface area contributed by atoms with Crippen LogP contribution in [-0.2, 0) is 19.1 Å². The van der Waals surface area contributed by atoms with Crippen molar-refractivity contribution in [2.45, 2.75) is 102 Å². The Kier molecular flexibility index (Phi) is 11.2. The van der Waals surface area contributed by atoms with Crippen LogP contribution in [0.4, 0.5) is 0 Å². The topological polar surface area (TPSA) is 154 Å². The Balaban J connectivity index is 2.00. The molecule has 0 aromatic carbocycles. The number of aliphatic hydroxyl groups excluding tert-OH is 4. The first-order valence-electron chi connectivity index (χ1n) is 11.7. The summed E-state index contributed by atoms with van der Waals surface area (Å²) < 4.78 is 11.4. The molecule has 2 fully saturated rings. The van der Waals surface area contributed by atoms with Gasteiger partial charge in [0, 0.05) is 24.7 Å². The Morgan fingerprint density at radius 3 is 2.50 bits per heavy atom. The van der Waals surface area contributed by atoms with Crippen LogP contribution in [0.15, 0.2) is 12.2 Å². The summed E-state index contributed by atoms with van der Waals surface area (Å²) in [5, 5.41) is 48.4. The number of allylic oxidation sites excluding steroid dienone is 1. The Labute approximate surface area is 189 Å². The number of ether oxygens (including phenoxy) is 2. The molecule has 0 radical (unpaired) electrons. The predicted octanol–water partition coefficient (Wildman–Crippen LogP) is 1.16. The van der Waals surface area contributed by atoms with Gasteiger partial charge >= 0.3 is 5.97 Å². The molecule has 5 N–H and O–H groups in total. The van der Waals surface area contributed by atoms with Gasteiger partial charge in [-0.05, 0) is 19.3 Å². The van der Waals surface area contributed by atoms with E-state index < -0.39 is 49.4 Å². The van der Waals surface area contributed by atoms with Crippen molar-refractivity contribution in [2.24, 2.45) is 11.8 Å². The second-order valence-corrected chi connectivity index (χ2v) is 8.79. The first kappa shape index (κ1) is 26.9. The van der Waals surface area contributed by atoms with E-state index in [4.69, 9.17) is 14.6 Å². The van der Waals surface area contributed by atoms with E-state index in [-0.39, 0.29) is 30.5 Å². The lowest BCUT2D eigenvalue weighted by Crippen LogP contribution is -2.59. The second kappa shape index (κ2) is 13.4. The van der Waals surface area contributed by atoms with Gasteiger partial charge in [-0.3, -0.25) is 9.59 Å². The molecule has 0 amide bonds. The maximum atomic E-state index is 12.8. The molecule has 1 saturated heterocycles. The number of Topliss-reactive ketones (excluding diaryl/α,β-unsaturated/α-hetero) is 1. The van der Waals surface area contributed by atoms with Gasteiger partial charge < -0.3 is 35.0 Å². The Morgan fingerprint density at radius 1 is 1.12 bits per heavy atom. The second-order valence-electron chi connectivity index (χ2n) is 8.79. The van der Waals surface area contributed by atoms with Gasteiger partial charge in [-0.25, -0.2) is 0 Å². The van der Waals surface area contributed by atoms with Crippen LogP contribution >= 0.6 is 0 Å². The highest BCUT2D eigenvalue weighted by molar-refractivity contribution is 5.84. The molecular weight excluding hydrogens is 420 g/mol. The van der Waals surface area contributed by atoms with Gasteiger partial charge in [-0.1, -0.05) is 44.8 Å². The van der Waals surface area contributed by atoms with E-state index in [0.717, 1.165) is 32.1 Å². The third-order valence-electron chi connectivity index (χ3n) is 6.34. The number of ketones is 1. The zero-order valence-electron chi connectivity index (χ0n) is 18.7. The Hall–Kier alpha value is -1.36. The van der Waals surface area contributed by atoms with Gasteiger partial charge in [0.1, 0.15) is 30.2 Å². The van der Waals surface area contributed by atoms with E-state index in [1.807, 2.05) is 12.2 Å². The van der Waals surface area contributed by atoms with E-state index in [1.54, 1.807) is 0 Å². The number of aliphatic carboxylic acids is 1. The molecule has 0 aromatic rings. The van der Waals surface area contributed by atoms with Crippen LogP contribution in [0.1, 0.15) is 64.7 Å². The van der Waals surface area contributed by atoms with Gasteiger partial charge in [-0.15, -0.1) is 0 Å². The number of hydrogen-bond acceptors (Lipinski definition) is 8. The smallest absolute Gasteiger partial charge is 0.303 e. The summed E-state index contributed by atoms with van der Waals surface area (Å²) in [5.41, 5.74) is 0. The third-order valence-corrected chi connectivity index (χ3v) is 6.34. The number of aliphatic hydroxyl groups is 4. The van der Waals surface area contributed by atoms with Crippen LogP contribution < -0.4 is 0 Å². The highest BCUT2D eigenvalue weighted by Crippen LogP contribution is 2.38. The van der Waals surface area contributed by atoms with Gasteiger partial charge in [0.05, 0.1) is 12.7 Å². The molecule has 0 aromatic heterocycles. The monoisotopic (exact) mass is 458 g/mol. The number of carbonyl (C=O) groups excluding carboxylic acids is 1. The highest BCUT2D eigenvalue weighted by atomic mass is 16.7. The van der Waals surface area contributed by atoms with E-state index >= 15 is 0 Å². The SMILES string of the molecule is CCC/C=C/C1C(OC2O[C@H](CO)[C@@H](O)[C@H](O)[C@H]2O)CC(=O)C1CCCCCCC(=O)O. The molecule has 184 valence electrons. The van der Waals surface area contributed by atoms with E-state index in [0.29, 0.717) is 12.8 Å². The van der Waals surface area contributed by atoms with Crippen molar-refractivity contribution >= 4 is 11.8 Å². The molecule has 1 heterocycles. The molecule has 1 saturated carbocycles. The van der Waals surface area contributed by atoms with Crippen molar-refractivity contribution in [1.82, 2.24) is 0 Å². The maximum absolute atomic E-state index is 12.8. The minimum atomic E-state index is -1.53. The first-order chi connectivity index (χ1) is 15.3. The minimum Gasteiger partial charge on any atom is -0.481 e. The largest absolute Gasteiger partial charge is 0.481 e. The number of carbonyl (C=O) groups is 2. The summed E-state index contributed by atoms with van der Waals surface area (Å²) >= 11 is 0. The number of hydrogen-bond donors (Lipinski definition) is 5. The number of unbranched alkanes of at least 4 members (excludes halogenated alkanes) is 4. The molecule has 1 aliphatic heterocycles. The molecule has 4 unspecified atom stereocenters. The molecular formula is C23H38O9. The molecule has 8 atom stereocenters. The van der Waals surface area contributed by atoms with Crippen molar-refractivity contribution in [3.8, 4) is 0 Å². The fraction of sp³-hybridized carbons (Fsp3) is 0.826. The highest BCUT2D eigenvalue weighted by Gasteiger charge is 2.48. The van der Waals surface area contributed by atoms with E-state index in [1.165, 1.54) is 0 Å². The molecule has 9 nitrogen and oxygen atoms in total. The standard InChI is InChI=1S/C23H38O9/c1-2-3-6-10-15-14(9-7-4-5-8-11-19(26)27)16(25)12-17(15)31-23-22(30)21(29)20(28)18(13-24)32-23/h6,10,14-15,17-18,20-24,28-30H,2-5,7-9,11-13H2,1H3,(H,26,27)/b10-6+/t14?,15?,17?,18-,20-,21+,22-,23?/m1/s1. The lowest BCUT2D eigenvalue weighted by molar-refractivity contribution is -0.312. The summed E-state index contributed by atoms with van der Waals surface area (Å²) in [5.74, 6) is -1.18. The molecule has 0 bridgehead atoms. The fourth-order valence-electron chi connectivity index (χ4n) is 4.48. The van der Waals surface area contributed by atoms with Crippen LogP contribution in [0, 0.1) is 11.8 Å². The summed E-state index contributed by atoms with van der Waals surface area (Å²) in [7, 11) is 0. The number of rotatable bonds is 13. The van der Waals surface area contributed by atoms with Crippen LogP contribution in [-0.4, -0.2) is 80.7 Å². The molecule has 9 heteroatoms. The average molecular weight is 459 g/mol. The normalized spacial score (nSPS) is 35.6. The number of carboxylic acid groups (broad SMARTS) is 1. The zero-order chi connectivity index (χ0) is 23.7. The van der Waals surface area contributed by atoms with Crippen molar-refractivity contribution < 1.29 is 44.6 Å². The van der Waals surface area contributed by atoms with Crippen LogP contribution in [0.3, 0.4) is 0 Å². The zero-order valence-corrected chi connectivity index (χ0v) is 18.7. The molecule has 32 heavy (non-hydrogen) atoms. The van der Waals surface area contributed by atoms with E-state index in [9.17, 15) is 30.0 Å². The first-order valence-corrected chi connectivity index (χ1v) is 11.7. The maximum Gasteiger partial charge on any atom is 0.303 e. The predicted molar refractivity (Wildman–Crippen MR) is 115 cm³/mol. The molecule has 0 spiro atoms. The lowest BCUT2D eigenvalue weighted by Gasteiger charge is -2.41. The van der Waals surface area contributed by atoms with Gasteiger partial charge in [0.25, 0.3) is 0 Å². The van der Waals surface area contributed by atoms with Crippen LogP contribution in [0.2, 0.25) is 0 Å². The van der Waals surface area contributed by atoms with Crippen molar-refractivity contribution in [2.75, 3.05) is 6.61 Å². The molecule has 2 rings (SSSR count). The molecule has 2 aliphatic rings. The van der Waals surface area contributed by atoms with Crippen molar-refractivity contribution in [1.29, 1.82) is 0 Å². The average Bonchev–Trinajstić information content (AvgIpc) is 3.05. The Bertz CT molecular complexity index is 621. The Morgan fingerprint density at radius 2 is 1.84 bits per heavy atom. The lowest BCUT2D eigenvalue weighted by atomic mass is 9.88. The van der Waals surface area contributed by atoms with Gasteiger partial charge in [0.2, 0.25) is 0 Å². The van der Waals surface area contributed by atoms with Crippen molar-refractivity contribution in [3.63, 3.8) is 0 Å².